The van der Waals surface area contributed by atoms with Gasteiger partial charge in [-0.25, -0.2) is 4.68 Å². The Morgan fingerprint density at radius 3 is 2.36 bits per heavy atom. The summed E-state index contributed by atoms with van der Waals surface area (Å²) in [5, 5.41) is 7.18. The zero-order chi connectivity index (χ0) is 23.2. The summed E-state index contributed by atoms with van der Waals surface area (Å²) in [6.45, 7) is 1.96. The number of nitrogens with zero attached hydrogens (tertiary/aromatic N) is 3. The van der Waals surface area contributed by atoms with E-state index in [0.717, 1.165) is 18.7 Å². The van der Waals surface area contributed by atoms with Gasteiger partial charge in [0.2, 0.25) is 5.91 Å². The first kappa shape index (κ1) is 22.4. The molecule has 0 unspecified atom stereocenters. The Balaban J connectivity index is 1.47. The molecule has 3 aromatic rings. The van der Waals surface area contributed by atoms with Gasteiger partial charge >= 0.3 is 0 Å². The molecule has 1 fully saturated rings. The molecule has 0 spiro atoms. The molecular weight excluding hydrogens is 420 g/mol. The summed E-state index contributed by atoms with van der Waals surface area (Å²) < 4.78 is 11.6. The largest absolute Gasteiger partial charge is 0.493 e. The van der Waals surface area contributed by atoms with E-state index in [1.165, 1.54) is 42.8 Å². The van der Waals surface area contributed by atoms with Crippen molar-refractivity contribution in [3.63, 3.8) is 0 Å². The summed E-state index contributed by atoms with van der Waals surface area (Å²) in [5.74, 6) is 0.697. The fourth-order valence-electron chi connectivity index (χ4n) is 3.96. The molecular formula is C25H28N4O4. The maximum absolute atomic E-state index is 12.6. The second-order valence-electron chi connectivity index (χ2n) is 7.93. The number of carbonyl (C=O) groups is 1. The lowest BCUT2D eigenvalue weighted by Crippen LogP contribution is -2.29. The van der Waals surface area contributed by atoms with Crippen LogP contribution in [0, 0.1) is 0 Å². The number of ether oxygens (including phenoxy) is 2. The van der Waals surface area contributed by atoms with Gasteiger partial charge in [-0.3, -0.25) is 9.59 Å². The number of aromatic nitrogens is 2. The van der Waals surface area contributed by atoms with E-state index >= 15 is 0 Å². The lowest BCUT2D eigenvalue weighted by atomic mass is 10.1. The van der Waals surface area contributed by atoms with Crippen LogP contribution in [0.4, 0.5) is 11.4 Å². The number of amides is 1. The topological polar surface area (TPSA) is 85.7 Å². The Morgan fingerprint density at radius 2 is 1.67 bits per heavy atom. The Bertz CT molecular complexity index is 1170. The summed E-state index contributed by atoms with van der Waals surface area (Å²) >= 11 is 0. The third-order valence-electron chi connectivity index (χ3n) is 5.71. The Kier molecular flexibility index (Phi) is 6.92. The summed E-state index contributed by atoms with van der Waals surface area (Å²) in [4.78, 5) is 27.3. The molecule has 1 saturated heterocycles. The first-order valence-corrected chi connectivity index (χ1v) is 11.0. The number of rotatable bonds is 7. The van der Waals surface area contributed by atoms with Crippen molar-refractivity contribution in [1.82, 2.24) is 9.78 Å². The molecule has 0 aliphatic carbocycles. The van der Waals surface area contributed by atoms with E-state index in [4.69, 9.17) is 9.47 Å². The zero-order valence-electron chi connectivity index (χ0n) is 18.9. The highest BCUT2D eigenvalue weighted by molar-refractivity contribution is 5.90. The Morgan fingerprint density at radius 1 is 0.939 bits per heavy atom. The van der Waals surface area contributed by atoms with Crippen LogP contribution < -0.4 is 25.2 Å². The normalized spacial score (nSPS) is 13.5. The molecule has 1 N–H and O–H groups in total. The number of piperidine rings is 1. The fraction of sp³-hybridized carbons (Fsp3) is 0.320. The minimum atomic E-state index is -0.366. The molecule has 2 aromatic carbocycles. The van der Waals surface area contributed by atoms with Crippen molar-refractivity contribution < 1.29 is 14.3 Å². The second kappa shape index (κ2) is 10.2. The van der Waals surface area contributed by atoms with Crippen molar-refractivity contribution in [2.45, 2.75) is 25.8 Å². The van der Waals surface area contributed by atoms with Gasteiger partial charge in [0.1, 0.15) is 6.54 Å². The minimum absolute atomic E-state index is 0.202. The summed E-state index contributed by atoms with van der Waals surface area (Å²) in [7, 11) is 3.07. The summed E-state index contributed by atoms with van der Waals surface area (Å²) in [5.41, 5.74) is 2.92. The number of hydrogen-bond acceptors (Lipinski definition) is 6. The molecule has 1 aliphatic rings. The third kappa shape index (κ3) is 5.34. The van der Waals surface area contributed by atoms with Gasteiger partial charge in [-0.15, -0.1) is 0 Å². The number of carbonyl (C=O) groups excluding carboxylic acids is 1. The molecule has 1 aromatic heterocycles. The molecule has 172 valence electrons. The van der Waals surface area contributed by atoms with Crippen LogP contribution in [0.25, 0.3) is 11.3 Å². The van der Waals surface area contributed by atoms with E-state index < -0.39 is 0 Å². The Hall–Kier alpha value is -3.81. The molecule has 8 heteroatoms. The van der Waals surface area contributed by atoms with Gasteiger partial charge in [-0.05, 0) is 49.6 Å². The predicted molar refractivity (Wildman–Crippen MR) is 128 cm³/mol. The van der Waals surface area contributed by atoms with E-state index in [2.05, 4.69) is 27.4 Å². The van der Waals surface area contributed by atoms with Gasteiger partial charge in [-0.1, -0.05) is 12.1 Å². The quantitative estimate of drug-likeness (QED) is 0.595. The number of anilines is 2. The van der Waals surface area contributed by atoms with Gasteiger partial charge in [0, 0.05) is 42.2 Å². The third-order valence-corrected chi connectivity index (χ3v) is 5.71. The van der Waals surface area contributed by atoms with Crippen molar-refractivity contribution in [3.8, 4) is 22.8 Å². The molecule has 8 nitrogen and oxygen atoms in total. The highest BCUT2D eigenvalue weighted by Crippen LogP contribution is 2.29. The smallest absolute Gasteiger partial charge is 0.267 e. The Labute approximate surface area is 192 Å². The van der Waals surface area contributed by atoms with Gasteiger partial charge in [0.05, 0.1) is 19.9 Å². The molecule has 0 radical (unpaired) electrons. The van der Waals surface area contributed by atoms with Crippen LogP contribution in [0.5, 0.6) is 11.5 Å². The first-order chi connectivity index (χ1) is 16.1. The van der Waals surface area contributed by atoms with Crippen molar-refractivity contribution in [2.75, 3.05) is 37.5 Å². The zero-order valence-corrected chi connectivity index (χ0v) is 18.9. The maximum Gasteiger partial charge on any atom is 0.267 e. The fourth-order valence-corrected chi connectivity index (χ4v) is 3.96. The van der Waals surface area contributed by atoms with Gasteiger partial charge in [0.25, 0.3) is 5.56 Å². The van der Waals surface area contributed by atoms with Crippen molar-refractivity contribution in [3.05, 3.63) is 65.0 Å². The molecule has 0 atom stereocenters. The average molecular weight is 449 g/mol. The van der Waals surface area contributed by atoms with Crippen LogP contribution >= 0.6 is 0 Å². The van der Waals surface area contributed by atoms with Crippen LogP contribution in [0.2, 0.25) is 0 Å². The number of methoxy groups -OCH3 is 2. The number of nitrogens with one attached hydrogen (secondary N) is 1. The molecule has 0 bridgehead atoms. The first-order valence-electron chi connectivity index (χ1n) is 11.0. The van der Waals surface area contributed by atoms with Crippen molar-refractivity contribution in [2.24, 2.45) is 0 Å². The summed E-state index contributed by atoms with van der Waals surface area (Å²) in [6.07, 6.45) is 3.74. The molecule has 2 heterocycles. The molecule has 1 aliphatic heterocycles. The van der Waals surface area contributed by atoms with E-state index in [0.29, 0.717) is 22.9 Å². The predicted octanol–water partition coefficient (Wildman–Crippen LogP) is 3.56. The van der Waals surface area contributed by atoms with Crippen LogP contribution in [0.3, 0.4) is 0 Å². The average Bonchev–Trinajstić information content (AvgIpc) is 2.86. The number of benzene rings is 2. The van der Waals surface area contributed by atoms with E-state index in [-0.39, 0.29) is 18.0 Å². The molecule has 1 amide bonds. The van der Waals surface area contributed by atoms with Crippen LogP contribution in [0.1, 0.15) is 19.3 Å². The second-order valence-corrected chi connectivity index (χ2v) is 7.93. The van der Waals surface area contributed by atoms with Crippen LogP contribution in [0.15, 0.2) is 59.4 Å². The highest BCUT2D eigenvalue weighted by Gasteiger charge is 2.13. The lowest BCUT2D eigenvalue weighted by molar-refractivity contribution is -0.117. The van der Waals surface area contributed by atoms with Gasteiger partial charge in [-0.2, -0.15) is 5.10 Å². The van der Waals surface area contributed by atoms with E-state index in [1.807, 2.05) is 12.1 Å². The number of hydrogen-bond donors (Lipinski definition) is 1. The van der Waals surface area contributed by atoms with Crippen LogP contribution in [-0.2, 0) is 11.3 Å². The van der Waals surface area contributed by atoms with Gasteiger partial charge in [0.15, 0.2) is 11.5 Å². The summed E-state index contributed by atoms with van der Waals surface area (Å²) in [6, 6.07) is 16.4. The monoisotopic (exact) mass is 448 g/mol. The van der Waals surface area contributed by atoms with Crippen molar-refractivity contribution >= 4 is 17.3 Å². The standard InChI is InChI=1S/C25H28N4O4/c1-32-22-12-8-19(16-23(22)33-2)26-24(30)17-29-25(31)13-11-21(27-29)18-6-9-20(10-7-18)28-14-4-3-5-15-28/h6-13,16H,3-5,14-15,17H2,1-2H3,(H,26,30). The highest BCUT2D eigenvalue weighted by atomic mass is 16.5. The van der Waals surface area contributed by atoms with Crippen molar-refractivity contribution in [1.29, 1.82) is 0 Å². The lowest BCUT2D eigenvalue weighted by Gasteiger charge is -2.28. The minimum Gasteiger partial charge on any atom is -0.493 e. The van der Waals surface area contributed by atoms with Gasteiger partial charge < -0.3 is 19.7 Å². The van der Waals surface area contributed by atoms with Crippen LogP contribution in [-0.4, -0.2) is 43.0 Å². The molecule has 33 heavy (non-hydrogen) atoms. The maximum atomic E-state index is 12.6. The molecule has 0 saturated carbocycles. The SMILES string of the molecule is COc1ccc(NC(=O)Cn2nc(-c3ccc(N4CCCCC4)cc3)ccc2=O)cc1OC. The van der Waals surface area contributed by atoms with E-state index in [1.54, 1.807) is 31.4 Å². The molecule has 4 rings (SSSR count). The van der Waals surface area contributed by atoms with E-state index in [9.17, 15) is 9.59 Å².